The van der Waals surface area contributed by atoms with Gasteiger partial charge >= 0.3 is 5.76 Å². The highest BCUT2D eigenvalue weighted by Gasteiger charge is 2.14. The monoisotopic (exact) mass is 403 g/mol. The molecule has 0 unspecified atom stereocenters. The molecule has 150 valence electrons. The van der Waals surface area contributed by atoms with Crippen LogP contribution in [0.3, 0.4) is 0 Å². The minimum Gasteiger partial charge on any atom is -0.388 e. The summed E-state index contributed by atoms with van der Waals surface area (Å²) in [6.45, 7) is -0.302. The second kappa shape index (κ2) is 8.57. The molecule has 7 heteroatoms. The lowest BCUT2D eigenvalue weighted by molar-refractivity contribution is -0.117. The third-order valence-electron chi connectivity index (χ3n) is 4.52. The molecule has 1 amide bonds. The Balaban J connectivity index is 1.48. The van der Waals surface area contributed by atoms with Gasteiger partial charge in [-0.25, -0.2) is 9.18 Å². The van der Waals surface area contributed by atoms with Crippen LogP contribution in [0.2, 0.25) is 0 Å². The third-order valence-corrected chi connectivity index (χ3v) is 4.52. The van der Waals surface area contributed by atoms with Gasteiger partial charge in [-0.2, -0.15) is 4.68 Å². The van der Waals surface area contributed by atoms with Gasteiger partial charge in [0.25, 0.3) is 0 Å². The molecule has 1 N–H and O–H groups in total. The summed E-state index contributed by atoms with van der Waals surface area (Å²) >= 11 is 0. The van der Waals surface area contributed by atoms with Crippen LogP contribution in [0.1, 0.15) is 11.1 Å². The molecular formula is C23H18FN3O3. The van der Waals surface area contributed by atoms with E-state index in [-0.39, 0.29) is 12.4 Å². The van der Waals surface area contributed by atoms with Crippen molar-refractivity contribution in [1.82, 2.24) is 9.78 Å². The van der Waals surface area contributed by atoms with Crippen molar-refractivity contribution < 1.29 is 13.6 Å². The SMILES string of the molecule is O=C(Cn1nc(-c2ccc(F)cc2)oc1=O)Nc1ccccc1Cc1ccccc1. The summed E-state index contributed by atoms with van der Waals surface area (Å²) in [5.41, 5.74) is 3.19. The zero-order valence-corrected chi connectivity index (χ0v) is 15.9. The molecule has 0 spiro atoms. The third kappa shape index (κ3) is 4.52. The fourth-order valence-corrected chi connectivity index (χ4v) is 3.05. The molecule has 30 heavy (non-hydrogen) atoms. The first-order valence-corrected chi connectivity index (χ1v) is 9.34. The fraction of sp³-hybridized carbons (Fsp3) is 0.0870. The van der Waals surface area contributed by atoms with Gasteiger partial charge in [0.05, 0.1) is 0 Å². The molecule has 0 radical (unpaired) electrons. The molecule has 1 aromatic heterocycles. The van der Waals surface area contributed by atoms with Gasteiger partial charge in [-0.1, -0.05) is 48.5 Å². The van der Waals surface area contributed by atoms with E-state index in [4.69, 9.17) is 4.42 Å². The molecule has 0 aliphatic heterocycles. The Morgan fingerprint density at radius 2 is 1.67 bits per heavy atom. The largest absolute Gasteiger partial charge is 0.437 e. The van der Waals surface area contributed by atoms with E-state index in [2.05, 4.69) is 10.4 Å². The molecule has 0 saturated carbocycles. The summed E-state index contributed by atoms with van der Waals surface area (Å²) in [5, 5.41) is 6.87. The molecule has 4 rings (SSSR count). The number of benzene rings is 3. The number of anilines is 1. The van der Waals surface area contributed by atoms with Crippen molar-refractivity contribution in [2.45, 2.75) is 13.0 Å². The highest BCUT2D eigenvalue weighted by atomic mass is 19.1. The summed E-state index contributed by atoms with van der Waals surface area (Å²) in [7, 11) is 0. The van der Waals surface area contributed by atoms with Gasteiger partial charge in [0, 0.05) is 11.3 Å². The molecule has 0 saturated heterocycles. The zero-order valence-electron chi connectivity index (χ0n) is 15.9. The summed E-state index contributed by atoms with van der Waals surface area (Å²) in [6.07, 6.45) is 0.663. The molecule has 0 atom stereocenters. The number of aromatic nitrogens is 2. The van der Waals surface area contributed by atoms with Crippen molar-refractivity contribution in [2.24, 2.45) is 0 Å². The Morgan fingerprint density at radius 1 is 0.967 bits per heavy atom. The molecule has 0 fully saturated rings. The van der Waals surface area contributed by atoms with E-state index in [0.717, 1.165) is 15.8 Å². The maximum atomic E-state index is 13.1. The number of rotatable bonds is 6. The van der Waals surface area contributed by atoms with E-state index in [1.165, 1.54) is 24.3 Å². The number of nitrogens with one attached hydrogen (secondary N) is 1. The predicted molar refractivity (Wildman–Crippen MR) is 110 cm³/mol. The van der Waals surface area contributed by atoms with Crippen LogP contribution in [0, 0.1) is 5.82 Å². The minimum atomic E-state index is -0.762. The fourth-order valence-electron chi connectivity index (χ4n) is 3.05. The van der Waals surface area contributed by atoms with E-state index < -0.39 is 17.5 Å². The van der Waals surface area contributed by atoms with Crippen molar-refractivity contribution in [3.63, 3.8) is 0 Å². The van der Waals surface area contributed by atoms with Crippen molar-refractivity contribution in [3.05, 3.63) is 106 Å². The van der Waals surface area contributed by atoms with Gasteiger partial charge in [-0.3, -0.25) is 4.79 Å². The normalized spacial score (nSPS) is 10.7. The Hall–Kier alpha value is -4.00. The highest BCUT2D eigenvalue weighted by Crippen LogP contribution is 2.19. The number of carbonyl (C=O) groups is 1. The number of halogens is 1. The van der Waals surface area contributed by atoms with Gasteiger partial charge in [0.15, 0.2) is 0 Å². The first-order chi connectivity index (χ1) is 14.6. The van der Waals surface area contributed by atoms with E-state index in [0.29, 0.717) is 17.7 Å². The van der Waals surface area contributed by atoms with Crippen molar-refractivity contribution in [3.8, 4) is 11.5 Å². The Labute approximate surface area is 171 Å². The Morgan fingerprint density at radius 3 is 2.43 bits per heavy atom. The molecule has 0 aliphatic carbocycles. The number of para-hydroxylation sites is 1. The maximum absolute atomic E-state index is 13.1. The highest BCUT2D eigenvalue weighted by molar-refractivity contribution is 5.91. The van der Waals surface area contributed by atoms with E-state index in [1.54, 1.807) is 0 Å². The van der Waals surface area contributed by atoms with Gasteiger partial charge in [0.2, 0.25) is 11.8 Å². The Kier molecular flexibility index (Phi) is 5.52. The average molecular weight is 403 g/mol. The molecular weight excluding hydrogens is 385 g/mol. The molecule has 0 aliphatic rings. The van der Waals surface area contributed by atoms with Gasteiger partial charge < -0.3 is 9.73 Å². The Bertz CT molecular complexity index is 1210. The van der Waals surface area contributed by atoms with E-state index in [1.807, 2.05) is 54.6 Å². The predicted octanol–water partition coefficient (Wildman–Crippen LogP) is 3.87. The van der Waals surface area contributed by atoms with E-state index >= 15 is 0 Å². The standard InChI is InChI=1S/C23H18FN3O3/c24-19-12-10-17(11-13-19)22-26-27(23(29)30-22)15-21(28)25-20-9-5-4-8-18(20)14-16-6-2-1-3-7-16/h1-13H,14-15H2,(H,25,28). The van der Waals surface area contributed by atoms with E-state index in [9.17, 15) is 14.0 Å². The number of hydrogen-bond acceptors (Lipinski definition) is 4. The second-order valence-corrected chi connectivity index (χ2v) is 6.71. The van der Waals surface area contributed by atoms with Crippen LogP contribution < -0.4 is 11.1 Å². The zero-order chi connectivity index (χ0) is 20.9. The van der Waals surface area contributed by atoms with Gasteiger partial charge in [0.1, 0.15) is 12.4 Å². The van der Waals surface area contributed by atoms with Crippen molar-refractivity contribution in [2.75, 3.05) is 5.32 Å². The molecule has 6 nitrogen and oxygen atoms in total. The van der Waals surface area contributed by atoms with Crippen LogP contribution in [0.4, 0.5) is 10.1 Å². The summed E-state index contributed by atoms with van der Waals surface area (Å²) in [4.78, 5) is 24.6. The second-order valence-electron chi connectivity index (χ2n) is 6.71. The minimum absolute atomic E-state index is 0.0253. The lowest BCUT2D eigenvalue weighted by Crippen LogP contribution is -2.26. The summed E-state index contributed by atoms with van der Waals surface area (Å²) < 4.78 is 19.1. The topological polar surface area (TPSA) is 77.1 Å². The van der Waals surface area contributed by atoms with Crippen LogP contribution in [0.25, 0.3) is 11.5 Å². The quantitative estimate of drug-likeness (QED) is 0.530. The number of carbonyl (C=O) groups excluding carboxylic acids is 1. The molecule has 4 aromatic rings. The first-order valence-electron chi connectivity index (χ1n) is 9.34. The molecule has 3 aromatic carbocycles. The van der Waals surface area contributed by atoms with Crippen LogP contribution in [0.15, 0.2) is 88.1 Å². The smallest absolute Gasteiger partial charge is 0.388 e. The van der Waals surface area contributed by atoms with Crippen molar-refractivity contribution in [1.29, 1.82) is 0 Å². The van der Waals surface area contributed by atoms with Crippen LogP contribution in [0.5, 0.6) is 0 Å². The maximum Gasteiger partial charge on any atom is 0.437 e. The van der Waals surface area contributed by atoms with Gasteiger partial charge in [-0.05, 0) is 47.9 Å². The van der Waals surface area contributed by atoms with Crippen LogP contribution in [-0.2, 0) is 17.8 Å². The van der Waals surface area contributed by atoms with Gasteiger partial charge in [-0.15, -0.1) is 5.10 Å². The number of amides is 1. The summed E-state index contributed by atoms with van der Waals surface area (Å²) in [5.74, 6) is -1.55. The first kappa shape index (κ1) is 19.3. The number of hydrogen-bond donors (Lipinski definition) is 1. The van der Waals surface area contributed by atoms with Crippen LogP contribution >= 0.6 is 0 Å². The van der Waals surface area contributed by atoms with Crippen molar-refractivity contribution >= 4 is 11.6 Å². The number of nitrogens with zero attached hydrogens (tertiary/aromatic N) is 2. The lowest BCUT2D eigenvalue weighted by atomic mass is 10.0. The molecule has 0 bridgehead atoms. The molecule has 1 heterocycles. The lowest BCUT2D eigenvalue weighted by Gasteiger charge is -2.11. The van der Waals surface area contributed by atoms with Crippen LogP contribution in [-0.4, -0.2) is 15.7 Å². The summed E-state index contributed by atoms with van der Waals surface area (Å²) in [6, 6.07) is 22.8. The average Bonchev–Trinajstić information content (AvgIpc) is 3.11.